The Hall–Kier alpha value is -1.28. The SMILES string of the molecule is CCCNCC1CCCC1c1cc2cc(C)ccc2o1. The van der Waals surface area contributed by atoms with Gasteiger partial charge >= 0.3 is 0 Å². The molecule has 1 fully saturated rings. The number of hydrogen-bond donors (Lipinski definition) is 1. The van der Waals surface area contributed by atoms with Crippen molar-refractivity contribution in [2.45, 2.75) is 45.4 Å². The fourth-order valence-corrected chi connectivity index (χ4v) is 3.49. The second-order valence-corrected chi connectivity index (χ2v) is 6.19. The molecule has 1 saturated carbocycles. The average molecular weight is 271 g/mol. The third-order valence-corrected chi connectivity index (χ3v) is 4.55. The molecule has 0 amide bonds. The number of aryl methyl sites for hydroxylation is 1. The molecule has 2 unspecified atom stereocenters. The standard InChI is InChI=1S/C18H25NO/c1-3-9-19-12-14-5-4-6-16(14)18-11-15-10-13(2)7-8-17(15)20-18/h7-8,10-11,14,16,19H,3-6,9,12H2,1-2H3. The molecule has 3 rings (SSSR count). The highest BCUT2D eigenvalue weighted by atomic mass is 16.3. The molecule has 2 aromatic rings. The molecule has 0 spiro atoms. The summed E-state index contributed by atoms with van der Waals surface area (Å²) in [5.74, 6) is 2.54. The molecule has 1 aliphatic carbocycles. The van der Waals surface area contributed by atoms with E-state index in [0.717, 1.165) is 24.6 Å². The van der Waals surface area contributed by atoms with Crippen LogP contribution in [0.25, 0.3) is 11.0 Å². The van der Waals surface area contributed by atoms with Gasteiger partial charge in [-0.05, 0) is 63.4 Å². The van der Waals surface area contributed by atoms with Crippen LogP contribution in [-0.4, -0.2) is 13.1 Å². The fourth-order valence-electron chi connectivity index (χ4n) is 3.49. The molecular weight excluding hydrogens is 246 g/mol. The van der Waals surface area contributed by atoms with Gasteiger partial charge in [-0.15, -0.1) is 0 Å². The van der Waals surface area contributed by atoms with Gasteiger partial charge in [0.05, 0.1) is 0 Å². The van der Waals surface area contributed by atoms with Crippen molar-refractivity contribution in [1.82, 2.24) is 5.32 Å². The lowest BCUT2D eigenvalue weighted by atomic mass is 9.93. The van der Waals surface area contributed by atoms with Crippen molar-refractivity contribution in [2.75, 3.05) is 13.1 Å². The molecule has 1 heterocycles. The Morgan fingerprint density at radius 2 is 2.15 bits per heavy atom. The third kappa shape index (κ3) is 2.76. The number of fused-ring (bicyclic) bond motifs is 1. The Morgan fingerprint density at radius 1 is 1.25 bits per heavy atom. The van der Waals surface area contributed by atoms with Gasteiger partial charge < -0.3 is 9.73 Å². The molecular formula is C18H25NO. The molecule has 1 aliphatic rings. The molecule has 2 atom stereocenters. The van der Waals surface area contributed by atoms with E-state index in [2.05, 4.69) is 43.4 Å². The summed E-state index contributed by atoms with van der Waals surface area (Å²) < 4.78 is 6.12. The van der Waals surface area contributed by atoms with Crippen LogP contribution in [0.4, 0.5) is 0 Å². The summed E-state index contributed by atoms with van der Waals surface area (Å²) in [4.78, 5) is 0. The van der Waals surface area contributed by atoms with E-state index < -0.39 is 0 Å². The quantitative estimate of drug-likeness (QED) is 0.802. The average Bonchev–Trinajstić information content (AvgIpc) is 3.04. The fraction of sp³-hybridized carbons (Fsp3) is 0.556. The summed E-state index contributed by atoms with van der Waals surface area (Å²) in [6, 6.07) is 8.73. The zero-order chi connectivity index (χ0) is 13.9. The number of hydrogen-bond acceptors (Lipinski definition) is 2. The van der Waals surface area contributed by atoms with E-state index in [1.54, 1.807) is 0 Å². The predicted molar refractivity (Wildman–Crippen MR) is 84.2 cm³/mol. The monoisotopic (exact) mass is 271 g/mol. The van der Waals surface area contributed by atoms with Crippen LogP contribution >= 0.6 is 0 Å². The first-order chi connectivity index (χ1) is 9.78. The Kier molecular flexibility index (Phi) is 4.11. The molecule has 0 saturated heterocycles. The maximum absolute atomic E-state index is 6.12. The van der Waals surface area contributed by atoms with Gasteiger partial charge in [0.15, 0.2) is 0 Å². The van der Waals surface area contributed by atoms with Gasteiger partial charge in [-0.2, -0.15) is 0 Å². The van der Waals surface area contributed by atoms with Gasteiger partial charge in [-0.25, -0.2) is 0 Å². The van der Waals surface area contributed by atoms with Crippen molar-refractivity contribution in [3.63, 3.8) is 0 Å². The van der Waals surface area contributed by atoms with E-state index in [1.165, 1.54) is 42.4 Å². The van der Waals surface area contributed by atoms with Gasteiger partial charge in [0.1, 0.15) is 11.3 Å². The molecule has 2 heteroatoms. The Morgan fingerprint density at radius 3 is 3.00 bits per heavy atom. The highest BCUT2D eigenvalue weighted by molar-refractivity contribution is 5.78. The smallest absolute Gasteiger partial charge is 0.134 e. The van der Waals surface area contributed by atoms with Crippen molar-refractivity contribution in [3.05, 3.63) is 35.6 Å². The van der Waals surface area contributed by atoms with Gasteiger partial charge in [0.2, 0.25) is 0 Å². The van der Waals surface area contributed by atoms with Crippen molar-refractivity contribution < 1.29 is 4.42 Å². The van der Waals surface area contributed by atoms with Gasteiger partial charge in [0.25, 0.3) is 0 Å². The second kappa shape index (κ2) is 6.01. The van der Waals surface area contributed by atoms with Crippen LogP contribution in [-0.2, 0) is 0 Å². The van der Waals surface area contributed by atoms with Gasteiger partial charge in [0, 0.05) is 11.3 Å². The van der Waals surface area contributed by atoms with Crippen molar-refractivity contribution in [2.24, 2.45) is 5.92 Å². The van der Waals surface area contributed by atoms with E-state index in [-0.39, 0.29) is 0 Å². The van der Waals surface area contributed by atoms with Crippen LogP contribution in [0, 0.1) is 12.8 Å². The van der Waals surface area contributed by atoms with E-state index in [1.807, 2.05) is 0 Å². The maximum atomic E-state index is 6.12. The molecule has 1 aromatic carbocycles. The van der Waals surface area contributed by atoms with Crippen molar-refractivity contribution in [3.8, 4) is 0 Å². The molecule has 108 valence electrons. The Balaban J connectivity index is 1.78. The number of benzene rings is 1. The first-order valence-electron chi connectivity index (χ1n) is 7.98. The minimum absolute atomic E-state index is 0.604. The predicted octanol–water partition coefficient (Wildman–Crippen LogP) is 4.62. The molecule has 1 aromatic heterocycles. The van der Waals surface area contributed by atoms with Crippen molar-refractivity contribution in [1.29, 1.82) is 0 Å². The van der Waals surface area contributed by atoms with Crippen LogP contribution in [0.15, 0.2) is 28.7 Å². The zero-order valence-corrected chi connectivity index (χ0v) is 12.6. The van der Waals surface area contributed by atoms with Gasteiger partial charge in [-0.1, -0.05) is 25.0 Å². The summed E-state index contributed by atoms with van der Waals surface area (Å²) >= 11 is 0. The van der Waals surface area contributed by atoms with Crippen LogP contribution in [0.1, 0.15) is 49.8 Å². The molecule has 2 nitrogen and oxygen atoms in total. The largest absolute Gasteiger partial charge is 0.461 e. The van der Waals surface area contributed by atoms with Crippen LogP contribution in [0.5, 0.6) is 0 Å². The molecule has 0 bridgehead atoms. The first-order valence-corrected chi connectivity index (χ1v) is 7.98. The highest BCUT2D eigenvalue weighted by Gasteiger charge is 2.30. The number of rotatable bonds is 5. The lowest BCUT2D eigenvalue weighted by molar-refractivity contribution is 0.391. The lowest BCUT2D eigenvalue weighted by Gasteiger charge is -2.17. The molecule has 0 aliphatic heterocycles. The Labute approximate surface area is 121 Å². The number of nitrogens with one attached hydrogen (secondary N) is 1. The Bertz CT molecular complexity index is 572. The van der Waals surface area contributed by atoms with Gasteiger partial charge in [-0.3, -0.25) is 0 Å². The first kappa shape index (κ1) is 13.7. The summed E-state index contributed by atoms with van der Waals surface area (Å²) in [7, 11) is 0. The van der Waals surface area contributed by atoms with Crippen LogP contribution in [0.2, 0.25) is 0 Å². The summed E-state index contributed by atoms with van der Waals surface area (Å²) in [6.45, 7) is 6.62. The van der Waals surface area contributed by atoms with Crippen LogP contribution < -0.4 is 5.32 Å². The minimum atomic E-state index is 0.604. The second-order valence-electron chi connectivity index (χ2n) is 6.19. The normalized spacial score (nSPS) is 22.7. The third-order valence-electron chi connectivity index (χ3n) is 4.55. The van der Waals surface area contributed by atoms with E-state index in [9.17, 15) is 0 Å². The zero-order valence-electron chi connectivity index (χ0n) is 12.6. The molecule has 1 N–H and O–H groups in total. The summed E-state index contributed by atoms with van der Waals surface area (Å²) in [6.07, 6.45) is 5.15. The maximum Gasteiger partial charge on any atom is 0.134 e. The summed E-state index contributed by atoms with van der Waals surface area (Å²) in [5.41, 5.74) is 2.34. The molecule has 20 heavy (non-hydrogen) atoms. The van der Waals surface area contributed by atoms with Crippen molar-refractivity contribution >= 4 is 11.0 Å². The van der Waals surface area contributed by atoms with E-state index in [4.69, 9.17) is 4.42 Å². The van der Waals surface area contributed by atoms with Crippen LogP contribution in [0.3, 0.4) is 0 Å². The summed E-state index contributed by atoms with van der Waals surface area (Å²) in [5, 5.41) is 4.83. The van der Waals surface area contributed by atoms with E-state index >= 15 is 0 Å². The lowest BCUT2D eigenvalue weighted by Crippen LogP contribution is -2.25. The topological polar surface area (TPSA) is 25.2 Å². The minimum Gasteiger partial charge on any atom is -0.461 e. The molecule has 0 radical (unpaired) electrons. The number of furan rings is 1. The van der Waals surface area contributed by atoms with E-state index in [0.29, 0.717) is 5.92 Å². The highest BCUT2D eigenvalue weighted by Crippen LogP contribution is 2.41.